The van der Waals surface area contributed by atoms with E-state index in [1.165, 1.54) is 0 Å². The SMILES string of the molecule is CCn1nc(C)c(Cl)c1Cn1ccnc1CCl. The molecule has 0 fully saturated rings. The molecule has 0 N–H and O–H groups in total. The van der Waals surface area contributed by atoms with Crippen LogP contribution in [-0.4, -0.2) is 19.3 Å². The average molecular weight is 273 g/mol. The Morgan fingerprint density at radius 3 is 2.82 bits per heavy atom. The third kappa shape index (κ3) is 2.33. The highest BCUT2D eigenvalue weighted by Crippen LogP contribution is 2.21. The average Bonchev–Trinajstić information content (AvgIpc) is 2.88. The Labute approximate surface area is 110 Å². The summed E-state index contributed by atoms with van der Waals surface area (Å²) in [4.78, 5) is 4.18. The lowest BCUT2D eigenvalue weighted by molar-refractivity contribution is 0.592. The van der Waals surface area contributed by atoms with Crippen LogP contribution in [0.4, 0.5) is 0 Å². The Morgan fingerprint density at radius 1 is 1.41 bits per heavy atom. The summed E-state index contributed by atoms with van der Waals surface area (Å²) in [6.07, 6.45) is 3.64. The Bertz CT molecular complexity index is 516. The van der Waals surface area contributed by atoms with E-state index in [2.05, 4.69) is 10.1 Å². The zero-order valence-corrected chi connectivity index (χ0v) is 11.3. The minimum absolute atomic E-state index is 0.393. The molecule has 0 saturated heterocycles. The normalized spacial score (nSPS) is 11.1. The van der Waals surface area contributed by atoms with Gasteiger partial charge in [0.2, 0.25) is 0 Å². The summed E-state index contributed by atoms with van der Waals surface area (Å²) in [5.41, 5.74) is 1.85. The zero-order valence-electron chi connectivity index (χ0n) is 9.82. The van der Waals surface area contributed by atoms with Crippen LogP contribution in [0.1, 0.15) is 24.1 Å². The molecule has 0 aliphatic heterocycles. The fourth-order valence-corrected chi connectivity index (χ4v) is 2.21. The van der Waals surface area contributed by atoms with E-state index in [9.17, 15) is 0 Å². The smallest absolute Gasteiger partial charge is 0.123 e. The molecule has 0 aromatic carbocycles. The topological polar surface area (TPSA) is 35.6 Å². The molecule has 2 aromatic rings. The number of halogens is 2. The molecule has 0 amide bonds. The van der Waals surface area contributed by atoms with Crippen molar-refractivity contribution in [1.29, 1.82) is 0 Å². The van der Waals surface area contributed by atoms with Crippen LogP contribution in [0.5, 0.6) is 0 Å². The van der Waals surface area contributed by atoms with Crippen molar-refractivity contribution in [2.75, 3.05) is 0 Å². The number of hydrogen-bond donors (Lipinski definition) is 0. The lowest BCUT2D eigenvalue weighted by Gasteiger charge is -2.08. The summed E-state index contributed by atoms with van der Waals surface area (Å²) in [6.45, 7) is 5.40. The van der Waals surface area contributed by atoms with E-state index in [-0.39, 0.29) is 0 Å². The van der Waals surface area contributed by atoms with Crippen molar-refractivity contribution in [1.82, 2.24) is 19.3 Å². The van der Waals surface area contributed by atoms with Gasteiger partial charge in [-0.05, 0) is 13.8 Å². The molecule has 0 spiro atoms. The van der Waals surface area contributed by atoms with Crippen molar-refractivity contribution in [2.24, 2.45) is 0 Å². The van der Waals surface area contributed by atoms with E-state index in [0.29, 0.717) is 12.4 Å². The molecular weight excluding hydrogens is 259 g/mol. The summed E-state index contributed by atoms with van der Waals surface area (Å²) in [6, 6.07) is 0. The molecule has 0 bridgehead atoms. The molecule has 0 atom stereocenters. The first-order chi connectivity index (χ1) is 8.17. The third-order valence-corrected chi connectivity index (χ3v) is 3.42. The number of aryl methyl sites for hydroxylation is 2. The number of imidazole rings is 1. The van der Waals surface area contributed by atoms with Crippen LogP contribution < -0.4 is 0 Å². The Balaban J connectivity index is 2.35. The number of aromatic nitrogens is 4. The second kappa shape index (κ2) is 5.10. The molecule has 2 heterocycles. The lowest BCUT2D eigenvalue weighted by Crippen LogP contribution is -2.09. The maximum atomic E-state index is 6.26. The zero-order chi connectivity index (χ0) is 12.4. The fraction of sp³-hybridized carbons (Fsp3) is 0.455. The molecule has 0 aliphatic carbocycles. The van der Waals surface area contributed by atoms with Crippen molar-refractivity contribution in [2.45, 2.75) is 32.8 Å². The number of rotatable bonds is 4. The molecule has 0 aliphatic rings. The minimum Gasteiger partial charge on any atom is -0.328 e. The summed E-state index contributed by atoms with van der Waals surface area (Å²) >= 11 is 12.1. The largest absolute Gasteiger partial charge is 0.328 e. The Hall–Kier alpha value is -1.00. The number of nitrogens with zero attached hydrogens (tertiary/aromatic N) is 4. The third-order valence-electron chi connectivity index (χ3n) is 2.69. The maximum Gasteiger partial charge on any atom is 0.123 e. The molecule has 2 aromatic heterocycles. The molecule has 0 unspecified atom stereocenters. The Morgan fingerprint density at radius 2 is 2.18 bits per heavy atom. The van der Waals surface area contributed by atoms with Crippen LogP contribution in [0, 0.1) is 6.92 Å². The molecule has 2 rings (SSSR count). The second-order valence-corrected chi connectivity index (χ2v) is 4.41. The van der Waals surface area contributed by atoms with Gasteiger partial charge in [0, 0.05) is 18.9 Å². The molecule has 4 nitrogen and oxygen atoms in total. The molecule has 0 saturated carbocycles. The van der Waals surface area contributed by atoms with Crippen LogP contribution >= 0.6 is 23.2 Å². The summed E-state index contributed by atoms with van der Waals surface area (Å²) in [7, 11) is 0. The van der Waals surface area contributed by atoms with Crippen molar-refractivity contribution in [3.8, 4) is 0 Å². The first kappa shape index (κ1) is 12.5. The van der Waals surface area contributed by atoms with Crippen LogP contribution in [-0.2, 0) is 19.0 Å². The van der Waals surface area contributed by atoms with Crippen molar-refractivity contribution in [3.05, 3.63) is 34.6 Å². The first-order valence-corrected chi connectivity index (χ1v) is 6.36. The highest BCUT2D eigenvalue weighted by molar-refractivity contribution is 6.31. The van der Waals surface area contributed by atoms with E-state index < -0.39 is 0 Å². The van der Waals surface area contributed by atoms with Crippen LogP contribution in [0.25, 0.3) is 0 Å². The van der Waals surface area contributed by atoms with E-state index >= 15 is 0 Å². The van der Waals surface area contributed by atoms with Crippen molar-refractivity contribution >= 4 is 23.2 Å². The maximum absolute atomic E-state index is 6.26. The lowest BCUT2D eigenvalue weighted by atomic mass is 10.3. The Kier molecular flexibility index (Phi) is 3.74. The first-order valence-electron chi connectivity index (χ1n) is 5.45. The van der Waals surface area contributed by atoms with E-state index in [1.54, 1.807) is 6.20 Å². The predicted octanol–water partition coefficient (Wildman–Crippen LogP) is 2.85. The van der Waals surface area contributed by atoms with Gasteiger partial charge in [0.1, 0.15) is 5.82 Å². The van der Waals surface area contributed by atoms with E-state index in [1.807, 2.05) is 29.3 Å². The van der Waals surface area contributed by atoms with Gasteiger partial charge in [0.05, 0.1) is 28.8 Å². The van der Waals surface area contributed by atoms with Gasteiger partial charge in [-0.3, -0.25) is 4.68 Å². The molecular formula is C11H14Cl2N4. The van der Waals surface area contributed by atoms with E-state index in [0.717, 1.165) is 28.8 Å². The number of alkyl halides is 1. The monoisotopic (exact) mass is 272 g/mol. The molecule has 0 radical (unpaired) electrons. The van der Waals surface area contributed by atoms with Gasteiger partial charge in [-0.25, -0.2) is 4.98 Å². The molecule has 17 heavy (non-hydrogen) atoms. The minimum atomic E-state index is 0.393. The summed E-state index contributed by atoms with van der Waals surface area (Å²) in [5, 5.41) is 5.11. The van der Waals surface area contributed by atoms with Crippen LogP contribution in [0.3, 0.4) is 0 Å². The second-order valence-electron chi connectivity index (χ2n) is 3.77. The molecule has 6 heteroatoms. The van der Waals surface area contributed by atoms with Gasteiger partial charge in [-0.2, -0.15) is 5.10 Å². The summed E-state index contributed by atoms with van der Waals surface area (Å²) in [5.74, 6) is 1.23. The van der Waals surface area contributed by atoms with Gasteiger partial charge in [0.15, 0.2) is 0 Å². The van der Waals surface area contributed by atoms with Gasteiger partial charge >= 0.3 is 0 Å². The van der Waals surface area contributed by atoms with Crippen molar-refractivity contribution < 1.29 is 0 Å². The van der Waals surface area contributed by atoms with Crippen LogP contribution in [0.15, 0.2) is 12.4 Å². The highest BCUT2D eigenvalue weighted by Gasteiger charge is 2.14. The number of hydrogen-bond acceptors (Lipinski definition) is 2. The van der Waals surface area contributed by atoms with Crippen molar-refractivity contribution in [3.63, 3.8) is 0 Å². The standard InChI is InChI=1S/C11H14Cl2N4/c1-3-17-9(11(13)8(2)15-17)7-16-5-4-14-10(16)6-12/h4-5H,3,6-7H2,1-2H3. The van der Waals surface area contributed by atoms with Gasteiger partial charge in [-0.1, -0.05) is 11.6 Å². The van der Waals surface area contributed by atoms with Gasteiger partial charge in [-0.15, -0.1) is 11.6 Å². The quantitative estimate of drug-likeness (QED) is 0.803. The van der Waals surface area contributed by atoms with Gasteiger partial charge < -0.3 is 4.57 Å². The summed E-state index contributed by atoms with van der Waals surface area (Å²) < 4.78 is 3.90. The van der Waals surface area contributed by atoms with Gasteiger partial charge in [0.25, 0.3) is 0 Å². The predicted molar refractivity (Wildman–Crippen MR) is 68.5 cm³/mol. The molecule has 92 valence electrons. The van der Waals surface area contributed by atoms with E-state index in [4.69, 9.17) is 23.2 Å². The highest BCUT2D eigenvalue weighted by atomic mass is 35.5. The van der Waals surface area contributed by atoms with Crippen LogP contribution in [0.2, 0.25) is 5.02 Å². The fourth-order valence-electron chi connectivity index (χ4n) is 1.80.